The quantitative estimate of drug-likeness (QED) is 0.699. The van der Waals surface area contributed by atoms with E-state index in [0.29, 0.717) is 23.5 Å². The Kier molecular flexibility index (Phi) is 5.47. The number of likely N-dealkylation sites (tertiary alicyclic amines) is 1. The predicted molar refractivity (Wildman–Crippen MR) is 109 cm³/mol. The van der Waals surface area contributed by atoms with E-state index in [2.05, 4.69) is 10.2 Å². The average molecular weight is 406 g/mol. The molecule has 30 heavy (non-hydrogen) atoms. The molecule has 1 saturated heterocycles. The Morgan fingerprint density at radius 3 is 2.60 bits per heavy atom. The summed E-state index contributed by atoms with van der Waals surface area (Å²) in [5, 5.41) is 17.5. The lowest BCUT2D eigenvalue weighted by Gasteiger charge is -2.38. The van der Waals surface area contributed by atoms with Crippen molar-refractivity contribution in [2.45, 2.75) is 31.9 Å². The number of piperidine rings is 1. The van der Waals surface area contributed by atoms with Crippen molar-refractivity contribution >= 4 is 11.9 Å². The Balaban J connectivity index is 1.54. The van der Waals surface area contributed by atoms with Crippen molar-refractivity contribution in [3.05, 3.63) is 72.1 Å². The molecule has 3 aromatic rings. The largest absolute Gasteiger partial charge is 0.489 e. The zero-order valence-electron chi connectivity index (χ0n) is 16.5. The molecule has 8 heteroatoms. The number of benzene rings is 2. The van der Waals surface area contributed by atoms with Crippen LogP contribution < -0.4 is 4.74 Å². The topological polar surface area (TPSA) is 97.6 Å². The van der Waals surface area contributed by atoms with Crippen LogP contribution in [0.3, 0.4) is 0 Å². The molecule has 4 rings (SSSR count). The zero-order valence-corrected chi connectivity index (χ0v) is 16.5. The number of aromatic nitrogens is 3. The third kappa shape index (κ3) is 4.03. The number of para-hydroxylation sites is 1. The summed E-state index contributed by atoms with van der Waals surface area (Å²) in [4.78, 5) is 27.8. The highest BCUT2D eigenvalue weighted by atomic mass is 16.5. The van der Waals surface area contributed by atoms with Gasteiger partial charge in [0.05, 0.1) is 35.8 Å². The Hall–Kier alpha value is -3.68. The smallest absolute Gasteiger partial charge is 0.335 e. The van der Waals surface area contributed by atoms with Crippen LogP contribution in [0.4, 0.5) is 0 Å². The first kappa shape index (κ1) is 19.6. The summed E-state index contributed by atoms with van der Waals surface area (Å²) in [6.45, 7) is 2.44. The molecule has 2 unspecified atom stereocenters. The number of carbonyl (C=O) groups excluding carboxylic acids is 1. The minimum Gasteiger partial charge on any atom is -0.489 e. The van der Waals surface area contributed by atoms with E-state index in [1.54, 1.807) is 35.5 Å². The van der Waals surface area contributed by atoms with Crippen LogP contribution in [0.5, 0.6) is 5.75 Å². The van der Waals surface area contributed by atoms with Gasteiger partial charge in [0.2, 0.25) is 0 Å². The second-order valence-corrected chi connectivity index (χ2v) is 7.29. The van der Waals surface area contributed by atoms with E-state index in [1.165, 1.54) is 16.9 Å². The molecule has 0 saturated carbocycles. The number of nitrogens with zero attached hydrogens (tertiary/aromatic N) is 4. The van der Waals surface area contributed by atoms with E-state index in [4.69, 9.17) is 4.74 Å². The molecule has 1 aliphatic rings. The number of carboxylic acids is 1. The molecule has 2 aromatic carbocycles. The molecule has 1 N–H and O–H groups in total. The summed E-state index contributed by atoms with van der Waals surface area (Å²) in [6, 6.07) is 13.7. The number of carbonyl (C=O) groups is 2. The standard InChI is InChI=1S/C22H22N4O4/c1-15-9-10-18(30-17-6-4-5-16(13-17)22(28)29)14-25(15)21(27)19-7-2-3-8-20(19)26-23-11-12-24-26/h2-8,11-13,15,18H,9-10,14H2,1H3,(H,28,29). The van der Waals surface area contributed by atoms with Crippen molar-refractivity contribution < 1.29 is 19.4 Å². The van der Waals surface area contributed by atoms with Crippen molar-refractivity contribution in [1.82, 2.24) is 19.9 Å². The van der Waals surface area contributed by atoms with Crippen LogP contribution in [-0.4, -0.2) is 55.6 Å². The van der Waals surface area contributed by atoms with Crippen molar-refractivity contribution in [2.24, 2.45) is 0 Å². The number of hydrogen-bond acceptors (Lipinski definition) is 5. The Morgan fingerprint density at radius 1 is 1.07 bits per heavy atom. The fourth-order valence-corrected chi connectivity index (χ4v) is 3.67. The fraction of sp³-hybridized carbons (Fsp3) is 0.273. The van der Waals surface area contributed by atoms with Crippen LogP contribution in [0.25, 0.3) is 5.69 Å². The Bertz CT molecular complexity index is 1050. The first-order chi connectivity index (χ1) is 14.5. The summed E-state index contributed by atoms with van der Waals surface area (Å²) in [6.07, 6.45) is 4.49. The maximum atomic E-state index is 13.4. The van der Waals surface area contributed by atoms with Gasteiger partial charge in [-0.15, -0.1) is 0 Å². The summed E-state index contributed by atoms with van der Waals surface area (Å²) in [5.41, 5.74) is 1.32. The maximum absolute atomic E-state index is 13.4. The van der Waals surface area contributed by atoms with Gasteiger partial charge >= 0.3 is 5.97 Å². The van der Waals surface area contributed by atoms with E-state index in [9.17, 15) is 14.7 Å². The van der Waals surface area contributed by atoms with Crippen molar-refractivity contribution in [3.63, 3.8) is 0 Å². The maximum Gasteiger partial charge on any atom is 0.335 e. The first-order valence-corrected chi connectivity index (χ1v) is 9.79. The molecule has 0 spiro atoms. The highest BCUT2D eigenvalue weighted by Crippen LogP contribution is 2.25. The van der Waals surface area contributed by atoms with Gasteiger partial charge in [-0.25, -0.2) is 4.79 Å². The second-order valence-electron chi connectivity index (χ2n) is 7.29. The molecular weight excluding hydrogens is 384 g/mol. The third-order valence-electron chi connectivity index (χ3n) is 5.25. The van der Waals surface area contributed by atoms with Crippen molar-refractivity contribution in [2.75, 3.05) is 6.54 Å². The van der Waals surface area contributed by atoms with Gasteiger partial charge in [0.25, 0.3) is 5.91 Å². The predicted octanol–water partition coefficient (Wildman–Crippen LogP) is 3.04. The summed E-state index contributed by atoms with van der Waals surface area (Å²) >= 11 is 0. The monoisotopic (exact) mass is 406 g/mol. The molecule has 2 heterocycles. The molecule has 0 aliphatic carbocycles. The van der Waals surface area contributed by atoms with E-state index in [-0.39, 0.29) is 23.6 Å². The summed E-state index contributed by atoms with van der Waals surface area (Å²) in [5.74, 6) is -0.621. The molecule has 1 aliphatic heterocycles. The van der Waals surface area contributed by atoms with Gasteiger partial charge in [0, 0.05) is 6.04 Å². The highest BCUT2D eigenvalue weighted by Gasteiger charge is 2.32. The summed E-state index contributed by atoms with van der Waals surface area (Å²) in [7, 11) is 0. The van der Waals surface area contributed by atoms with Crippen LogP contribution >= 0.6 is 0 Å². The van der Waals surface area contributed by atoms with Gasteiger partial charge < -0.3 is 14.7 Å². The van der Waals surface area contributed by atoms with Crippen molar-refractivity contribution in [3.8, 4) is 11.4 Å². The molecular formula is C22H22N4O4. The normalized spacial score (nSPS) is 18.8. The molecule has 1 amide bonds. The average Bonchev–Trinajstić information content (AvgIpc) is 3.29. The van der Waals surface area contributed by atoms with Crippen LogP contribution in [0.15, 0.2) is 60.9 Å². The third-order valence-corrected chi connectivity index (χ3v) is 5.25. The molecule has 2 atom stereocenters. The van der Waals surface area contributed by atoms with Crippen LogP contribution in [0.1, 0.15) is 40.5 Å². The molecule has 1 aromatic heterocycles. The second kappa shape index (κ2) is 8.36. The highest BCUT2D eigenvalue weighted by molar-refractivity contribution is 5.98. The first-order valence-electron chi connectivity index (χ1n) is 9.79. The van der Waals surface area contributed by atoms with Crippen LogP contribution in [-0.2, 0) is 0 Å². The van der Waals surface area contributed by atoms with Crippen LogP contribution in [0, 0.1) is 0 Å². The van der Waals surface area contributed by atoms with Gasteiger partial charge in [-0.05, 0) is 50.1 Å². The molecule has 0 bridgehead atoms. The van der Waals surface area contributed by atoms with Gasteiger partial charge in [-0.2, -0.15) is 15.0 Å². The minimum absolute atomic E-state index is 0.0568. The van der Waals surface area contributed by atoms with Crippen LogP contribution in [0.2, 0.25) is 0 Å². The molecule has 1 fully saturated rings. The van der Waals surface area contributed by atoms with Gasteiger partial charge in [0.1, 0.15) is 11.9 Å². The SMILES string of the molecule is CC1CCC(Oc2cccc(C(=O)O)c2)CN1C(=O)c1ccccc1-n1nccn1. The van der Waals surface area contributed by atoms with Gasteiger partial charge in [-0.1, -0.05) is 18.2 Å². The molecule has 0 radical (unpaired) electrons. The fourth-order valence-electron chi connectivity index (χ4n) is 3.67. The number of hydrogen-bond donors (Lipinski definition) is 1. The van der Waals surface area contributed by atoms with E-state index >= 15 is 0 Å². The number of carboxylic acid groups (broad SMARTS) is 1. The van der Waals surface area contributed by atoms with Gasteiger partial charge in [0.15, 0.2) is 0 Å². The lowest BCUT2D eigenvalue weighted by atomic mass is 9.99. The van der Waals surface area contributed by atoms with E-state index in [1.807, 2.05) is 25.1 Å². The molecule has 154 valence electrons. The lowest BCUT2D eigenvalue weighted by molar-refractivity contribution is 0.0384. The lowest BCUT2D eigenvalue weighted by Crippen LogP contribution is -2.49. The number of aromatic carboxylic acids is 1. The zero-order chi connectivity index (χ0) is 21.1. The number of rotatable bonds is 5. The number of amides is 1. The Labute approximate surface area is 173 Å². The van der Waals surface area contributed by atoms with Crippen molar-refractivity contribution in [1.29, 1.82) is 0 Å². The van der Waals surface area contributed by atoms with E-state index < -0.39 is 5.97 Å². The number of ether oxygens (including phenoxy) is 1. The summed E-state index contributed by atoms with van der Waals surface area (Å²) < 4.78 is 6.03. The van der Waals surface area contributed by atoms with E-state index in [0.717, 1.165) is 12.8 Å². The Morgan fingerprint density at radius 2 is 1.83 bits per heavy atom. The molecule has 8 nitrogen and oxygen atoms in total. The minimum atomic E-state index is -1.00. The van der Waals surface area contributed by atoms with Gasteiger partial charge in [-0.3, -0.25) is 4.79 Å².